The minimum Gasteiger partial charge on any atom is -0.469 e. The standard InChI is InChI=1S/C15H14N4O3/c1-9-13(19-7-4-3-5-12(19)16-9)15(21)18-17-14(20)11-6-8-22-10(11)2/h3-8H,1-2H3,(H,17,20)(H,18,21). The summed E-state index contributed by atoms with van der Waals surface area (Å²) < 4.78 is 6.72. The highest BCUT2D eigenvalue weighted by atomic mass is 16.3. The summed E-state index contributed by atoms with van der Waals surface area (Å²) in [5.74, 6) is -0.394. The van der Waals surface area contributed by atoms with Gasteiger partial charge in [-0.25, -0.2) is 4.98 Å². The summed E-state index contributed by atoms with van der Waals surface area (Å²) in [4.78, 5) is 28.5. The molecule has 0 unspecified atom stereocenters. The first-order valence-corrected chi connectivity index (χ1v) is 6.66. The number of aromatic nitrogens is 2. The zero-order valence-electron chi connectivity index (χ0n) is 12.1. The lowest BCUT2D eigenvalue weighted by atomic mass is 10.2. The first-order chi connectivity index (χ1) is 10.6. The highest BCUT2D eigenvalue weighted by Gasteiger charge is 2.18. The van der Waals surface area contributed by atoms with Crippen LogP contribution in [0, 0.1) is 13.8 Å². The molecule has 0 aromatic carbocycles. The number of hydrazine groups is 1. The number of carbonyl (C=O) groups is 2. The van der Waals surface area contributed by atoms with Gasteiger partial charge < -0.3 is 4.42 Å². The third-order valence-corrected chi connectivity index (χ3v) is 3.31. The van der Waals surface area contributed by atoms with Gasteiger partial charge in [-0.05, 0) is 32.0 Å². The zero-order chi connectivity index (χ0) is 15.7. The molecule has 112 valence electrons. The molecule has 0 saturated carbocycles. The van der Waals surface area contributed by atoms with Gasteiger partial charge in [0.15, 0.2) is 0 Å². The maximum atomic E-state index is 12.3. The van der Waals surface area contributed by atoms with Crippen LogP contribution < -0.4 is 10.9 Å². The average Bonchev–Trinajstić information content (AvgIpc) is 3.06. The number of fused-ring (bicyclic) bond motifs is 1. The van der Waals surface area contributed by atoms with Crippen molar-refractivity contribution in [3.63, 3.8) is 0 Å². The van der Waals surface area contributed by atoms with Crippen molar-refractivity contribution in [2.45, 2.75) is 13.8 Å². The van der Waals surface area contributed by atoms with Crippen LogP contribution in [0.3, 0.4) is 0 Å². The van der Waals surface area contributed by atoms with E-state index in [9.17, 15) is 9.59 Å². The van der Waals surface area contributed by atoms with Gasteiger partial charge >= 0.3 is 0 Å². The maximum Gasteiger partial charge on any atom is 0.288 e. The Morgan fingerprint density at radius 3 is 2.64 bits per heavy atom. The van der Waals surface area contributed by atoms with Gasteiger partial charge in [0.25, 0.3) is 11.8 Å². The molecule has 7 heteroatoms. The van der Waals surface area contributed by atoms with Gasteiger partial charge in [-0.2, -0.15) is 0 Å². The first kappa shape index (κ1) is 13.9. The van der Waals surface area contributed by atoms with Crippen LogP contribution >= 0.6 is 0 Å². The van der Waals surface area contributed by atoms with E-state index in [1.807, 2.05) is 6.07 Å². The van der Waals surface area contributed by atoms with E-state index in [0.29, 0.717) is 28.4 Å². The lowest BCUT2D eigenvalue weighted by Crippen LogP contribution is -2.42. The summed E-state index contributed by atoms with van der Waals surface area (Å²) in [6, 6.07) is 6.98. The van der Waals surface area contributed by atoms with E-state index in [2.05, 4.69) is 15.8 Å². The summed E-state index contributed by atoms with van der Waals surface area (Å²) in [6.07, 6.45) is 3.16. The molecular formula is C15H14N4O3. The molecule has 0 bridgehead atoms. The van der Waals surface area contributed by atoms with Crippen LogP contribution in [-0.4, -0.2) is 21.2 Å². The monoisotopic (exact) mass is 298 g/mol. The molecule has 3 rings (SSSR count). The van der Waals surface area contributed by atoms with Crippen molar-refractivity contribution in [2.75, 3.05) is 0 Å². The smallest absolute Gasteiger partial charge is 0.288 e. The van der Waals surface area contributed by atoms with Crippen molar-refractivity contribution in [1.82, 2.24) is 20.2 Å². The molecule has 0 aliphatic carbocycles. The molecule has 2 N–H and O–H groups in total. The molecule has 0 aliphatic heterocycles. The number of imidazole rings is 1. The van der Waals surface area contributed by atoms with Gasteiger partial charge in [0.2, 0.25) is 0 Å². The summed E-state index contributed by atoms with van der Waals surface area (Å²) in [5.41, 5.74) is 6.75. The largest absolute Gasteiger partial charge is 0.469 e. The number of carbonyl (C=O) groups excluding carboxylic acids is 2. The molecule has 22 heavy (non-hydrogen) atoms. The van der Waals surface area contributed by atoms with Crippen LogP contribution in [0.4, 0.5) is 0 Å². The highest BCUT2D eigenvalue weighted by Crippen LogP contribution is 2.11. The van der Waals surface area contributed by atoms with Gasteiger partial charge in [-0.1, -0.05) is 6.07 Å². The molecule has 0 fully saturated rings. The minimum atomic E-state index is -0.439. The SMILES string of the molecule is Cc1nc2ccccn2c1C(=O)NNC(=O)c1ccoc1C. The van der Waals surface area contributed by atoms with E-state index >= 15 is 0 Å². The van der Waals surface area contributed by atoms with E-state index in [0.717, 1.165) is 0 Å². The number of amides is 2. The quantitative estimate of drug-likeness (QED) is 0.704. The summed E-state index contributed by atoms with van der Waals surface area (Å²) in [7, 11) is 0. The molecule has 7 nitrogen and oxygen atoms in total. The van der Waals surface area contributed by atoms with Crippen LogP contribution in [-0.2, 0) is 0 Å². The molecule has 3 aromatic heterocycles. The van der Waals surface area contributed by atoms with Gasteiger partial charge in [0, 0.05) is 6.20 Å². The topological polar surface area (TPSA) is 88.6 Å². The van der Waals surface area contributed by atoms with Crippen molar-refractivity contribution in [1.29, 1.82) is 0 Å². The number of hydrogen-bond donors (Lipinski definition) is 2. The predicted molar refractivity (Wildman–Crippen MR) is 78.3 cm³/mol. The van der Waals surface area contributed by atoms with E-state index < -0.39 is 11.8 Å². The van der Waals surface area contributed by atoms with E-state index in [-0.39, 0.29) is 0 Å². The minimum absolute atomic E-state index is 0.371. The normalized spacial score (nSPS) is 10.6. The van der Waals surface area contributed by atoms with Crippen molar-refractivity contribution in [2.24, 2.45) is 0 Å². The number of rotatable bonds is 2. The molecule has 0 saturated heterocycles. The number of nitrogens with one attached hydrogen (secondary N) is 2. The van der Waals surface area contributed by atoms with Crippen LogP contribution in [0.25, 0.3) is 5.65 Å². The zero-order valence-corrected chi connectivity index (χ0v) is 12.1. The average molecular weight is 298 g/mol. The second-order valence-electron chi connectivity index (χ2n) is 4.77. The third kappa shape index (κ3) is 2.32. The molecule has 3 aromatic rings. The lowest BCUT2D eigenvalue weighted by Gasteiger charge is -2.07. The molecule has 0 atom stereocenters. The van der Waals surface area contributed by atoms with Crippen LogP contribution in [0.1, 0.15) is 32.3 Å². The predicted octanol–water partition coefficient (Wildman–Crippen LogP) is 1.62. The number of furan rings is 1. The van der Waals surface area contributed by atoms with Crippen molar-refractivity contribution in [3.8, 4) is 0 Å². The molecular weight excluding hydrogens is 284 g/mol. The second kappa shape index (κ2) is 5.36. The molecule has 2 amide bonds. The Bertz CT molecular complexity index is 863. The van der Waals surface area contributed by atoms with Gasteiger partial charge in [-0.3, -0.25) is 24.8 Å². The number of nitrogens with zero attached hydrogens (tertiary/aromatic N) is 2. The van der Waals surface area contributed by atoms with E-state index in [1.165, 1.54) is 12.3 Å². The van der Waals surface area contributed by atoms with Crippen LogP contribution in [0.15, 0.2) is 41.1 Å². The Balaban J connectivity index is 1.78. The molecule has 0 aliphatic rings. The summed E-state index contributed by atoms with van der Waals surface area (Å²) >= 11 is 0. The lowest BCUT2D eigenvalue weighted by molar-refractivity contribution is 0.0842. The number of hydrogen-bond acceptors (Lipinski definition) is 4. The Morgan fingerprint density at radius 1 is 1.14 bits per heavy atom. The first-order valence-electron chi connectivity index (χ1n) is 6.66. The summed E-state index contributed by atoms with van der Waals surface area (Å²) in [6.45, 7) is 3.41. The van der Waals surface area contributed by atoms with E-state index in [4.69, 9.17) is 4.42 Å². The van der Waals surface area contributed by atoms with Crippen molar-refractivity contribution >= 4 is 17.5 Å². The fourth-order valence-corrected chi connectivity index (χ4v) is 2.25. The molecule has 0 radical (unpaired) electrons. The summed E-state index contributed by atoms with van der Waals surface area (Å²) in [5, 5.41) is 0. The van der Waals surface area contributed by atoms with Gasteiger partial charge in [0.1, 0.15) is 17.1 Å². The van der Waals surface area contributed by atoms with Crippen molar-refractivity contribution in [3.05, 3.63) is 59.4 Å². The highest BCUT2D eigenvalue weighted by molar-refractivity contribution is 5.99. The fourth-order valence-electron chi connectivity index (χ4n) is 2.25. The maximum absolute atomic E-state index is 12.3. The van der Waals surface area contributed by atoms with Crippen molar-refractivity contribution < 1.29 is 14.0 Å². The molecule has 0 spiro atoms. The van der Waals surface area contributed by atoms with Gasteiger partial charge in [-0.15, -0.1) is 0 Å². The van der Waals surface area contributed by atoms with Gasteiger partial charge in [0.05, 0.1) is 17.5 Å². The number of aryl methyl sites for hydroxylation is 2. The van der Waals surface area contributed by atoms with E-state index in [1.54, 1.807) is 36.6 Å². The Hall–Kier alpha value is -3.09. The number of pyridine rings is 1. The van der Waals surface area contributed by atoms with Crippen LogP contribution in [0.5, 0.6) is 0 Å². The Morgan fingerprint density at radius 2 is 1.91 bits per heavy atom. The third-order valence-electron chi connectivity index (χ3n) is 3.31. The second-order valence-corrected chi connectivity index (χ2v) is 4.77. The fraction of sp³-hybridized carbons (Fsp3) is 0.133. The Kier molecular flexibility index (Phi) is 3.38. The Labute approximate surface area is 125 Å². The van der Waals surface area contributed by atoms with Crippen LogP contribution in [0.2, 0.25) is 0 Å². The molecule has 3 heterocycles.